The number of hydrogen-bond acceptors (Lipinski definition) is 3. The van der Waals surface area contributed by atoms with Crippen LogP contribution in [0, 0.1) is 11.8 Å². The third kappa shape index (κ3) is 3.01. The van der Waals surface area contributed by atoms with E-state index in [-0.39, 0.29) is 41.6 Å². The smallest absolute Gasteiger partial charge is 0.240 e. The van der Waals surface area contributed by atoms with E-state index in [1.807, 2.05) is 24.3 Å². The number of nitrogens with one attached hydrogen (secondary N) is 1. The van der Waals surface area contributed by atoms with Gasteiger partial charge in [-0.05, 0) is 43.4 Å². The molecule has 1 aromatic rings. The summed E-state index contributed by atoms with van der Waals surface area (Å²) in [5.41, 5.74) is 0.730. The Balaban J connectivity index is 1.43. The van der Waals surface area contributed by atoms with Crippen LogP contribution in [0.3, 0.4) is 0 Å². The summed E-state index contributed by atoms with van der Waals surface area (Å²) in [6, 6.07) is 7.91. The van der Waals surface area contributed by atoms with E-state index in [2.05, 4.69) is 21.2 Å². The molecule has 0 bridgehead atoms. The van der Waals surface area contributed by atoms with Gasteiger partial charge in [-0.3, -0.25) is 19.3 Å². The number of fused-ring (bicyclic) bond motifs is 1. The minimum atomic E-state index is -0.337. The summed E-state index contributed by atoms with van der Waals surface area (Å²) < 4.78 is 0.995. The summed E-state index contributed by atoms with van der Waals surface area (Å²) in [5.74, 6) is -0.955. The van der Waals surface area contributed by atoms with Crippen LogP contribution in [-0.4, -0.2) is 29.2 Å². The molecule has 4 rings (SSSR count). The molecule has 1 heterocycles. The molecular formula is C19H21BrN2O3. The summed E-state index contributed by atoms with van der Waals surface area (Å²) >= 11 is 3.42. The second-order valence-electron chi connectivity index (χ2n) is 7.40. The van der Waals surface area contributed by atoms with Gasteiger partial charge in [0, 0.05) is 4.47 Å². The van der Waals surface area contributed by atoms with Gasteiger partial charge in [0.1, 0.15) is 6.54 Å². The van der Waals surface area contributed by atoms with E-state index in [9.17, 15) is 14.4 Å². The van der Waals surface area contributed by atoms with Crippen LogP contribution in [0.1, 0.15) is 44.1 Å². The van der Waals surface area contributed by atoms with Crippen LogP contribution in [0.2, 0.25) is 0 Å². The Bertz CT molecular complexity index is 703. The van der Waals surface area contributed by atoms with E-state index < -0.39 is 0 Å². The highest BCUT2D eigenvalue weighted by atomic mass is 79.9. The molecule has 2 atom stereocenters. The maximum atomic E-state index is 12.5. The van der Waals surface area contributed by atoms with Crippen LogP contribution >= 0.6 is 15.9 Å². The molecule has 3 aliphatic rings. The molecule has 3 fully saturated rings. The topological polar surface area (TPSA) is 66.5 Å². The first kappa shape index (κ1) is 16.8. The Morgan fingerprint density at radius 1 is 1.08 bits per heavy atom. The van der Waals surface area contributed by atoms with Gasteiger partial charge in [-0.15, -0.1) is 0 Å². The molecule has 0 unspecified atom stereocenters. The Labute approximate surface area is 155 Å². The fourth-order valence-electron chi connectivity index (χ4n) is 4.22. The summed E-state index contributed by atoms with van der Waals surface area (Å²) in [6.07, 6.45) is 5.30. The predicted octanol–water partition coefficient (Wildman–Crippen LogP) is 2.73. The summed E-state index contributed by atoms with van der Waals surface area (Å²) in [5, 5.41) is 3.05. The summed E-state index contributed by atoms with van der Waals surface area (Å²) in [6.45, 7) is -0.150. The minimum absolute atomic E-state index is 0.150. The lowest BCUT2D eigenvalue weighted by molar-refractivity contribution is -0.143. The number of benzene rings is 1. The van der Waals surface area contributed by atoms with Gasteiger partial charge in [-0.25, -0.2) is 0 Å². The van der Waals surface area contributed by atoms with E-state index in [0.717, 1.165) is 48.6 Å². The predicted molar refractivity (Wildman–Crippen MR) is 95.4 cm³/mol. The molecule has 0 radical (unpaired) electrons. The first-order valence-corrected chi connectivity index (χ1v) is 9.72. The second-order valence-corrected chi connectivity index (χ2v) is 8.31. The quantitative estimate of drug-likeness (QED) is 0.784. The molecule has 132 valence electrons. The van der Waals surface area contributed by atoms with Gasteiger partial charge < -0.3 is 5.32 Å². The highest BCUT2D eigenvalue weighted by Crippen LogP contribution is 2.45. The fourth-order valence-corrected chi connectivity index (χ4v) is 4.48. The van der Waals surface area contributed by atoms with Crippen LogP contribution in [0.4, 0.5) is 0 Å². The molecule has 1 aliphatic heterocycles. The molecular weight excluding hydrogens is 384 g/mol. The zero-order valence-corrected chi connectivity index (χ0v) is 15.5. The molecule has 1 aromatic carbocycles. The van der Waals surface area contributed by atoms with Crippen molar-refractivity contribution in [3.63, 3.8) is 0 Å². The van der Waals surface area contributed by atoms with Gasteiger partial charge in [0.05, 0.1) is 17.4 Å². The normalized spacial score (nSPS) is 27.2. The van der Waals surface area contributed by atoms with Gasteiger partial charge >= 0.3 is 0 Å². The Kier molecular flexibility index (Phi) is 4.18. The lowest BCUT2D eigenvalue weighted by atomic mass is 9.81. The SMILES string of the molecule is O=C(CN1C(=O)[C@H]2CCCC[C@H]2C1=O)NC1(c2ccc(Br)cc2)CC1. The number of rotatable bonds is 4. The molecule has 25 heavy (non-hydrogen) atoms. The molecule has 0 aromatic heterocycles. The Morgan fingerprint density at radius 3 is 2.16 bits per heavy atom. The fraction of sp³-hybridized carbons (Fsp3) is 0.526. The average Bonchev–Trinajstić information content (AvgIpc) is 3.35. The third-order valence-electron chi connectivity index (χ3n) is 5.76. The van der Waals surface area contributed by atoms with Gasteiger partial charge in [0.25, 0.3) is 0 Å². The largest absolute Gasteiger partial charge is 0.345 e. The Hall–Kier alpha value is -1.69. The van der Waals surface area contributed by atoms with Gasteiger partial charge in [-0.1, -0.05) is 40.9 Å². The number of imide groups is 1. The van der Waals surface area contributed by atoms with E-state index in [1.54, 1.807) is 0 Å². The molecule has 2 aliphatic carbocycles. The van der Waals surface area contributed by atoms with Crippen molar-refractivity contribution in [1.29, 1.82) is 0 Å². The lowest BCUT2D eigenvalue weighted by Crippen LogP contribution is -2.44. The van der Waals surface area contributed by atoms with Crippen LogP contribution in [-0.2, 0) is 19.9 Å². The molecule has 1 N–H and O–H groups in total. The Morgan fingerprint density at radius 2 is 1.64 bits per heavy atom. The van der Waals surface area contributed by atoms with E-state index >= 15 is 0 Å². The number of hydrogen-bond donors (Lipinski definition) is 1. The van der Waals surface area contributed by atoms with E-state index in [1.165, 1.54) is 4.90 Å². The van der Waals surface area contributed by atoms with Gasteiger partial charge in [-0.2, -0.15) is 0 Å². The van der Waals surface area contributed by atoms with Crippen LogP contribution in [0.25, 0.3) is 0 Å². The minimum Gasteiger partial charge on any atom is -0.345 e. The van der Waals surface area contributed by atoms with Gasteiger partial charge in [0.2, 0.25) is 17.7 Å². The van der Waals surface area contributed by atoms with Crippen molar-refractivity contribution in [2.24, 2.45) is 11.8 Å². The average molecular weight is 405 g/mol. The van der Waals surface area contributed by atoms with Crippen molar-refractivity contribution in [2.75, 3.05) is 6.54 Å². The van der Waals surface area contributed by atoms with E-state index in [0.29, 0.717) is 0 Å². The van der Waals surface area contributed by atoms with E-state index in [4.69, 9.17) is 0 Å². The van der Waals surface area contributed by atoms with Crippen molar-refractivity contribution in [2.45, 2.75) is 44.1 Å². The first-order chi connectivity index (χ1) is 12.0. The highest BCUT2D eigenvalue weighted by Gasteiger charge is 2.50. The highest BCUT2D eigenvalue weighted by molar-refractivity contribution is 9.10. The molecule has 6 heteroatoms. The molecule has 2 saturated carbocycles. The van der Waals surface area contributed by atoms with Crippen molar-refractivity contribution in [1.82, 2.24) is 10.2 Å². The zero-order chi connectivity index (χ0) is 17.6. The van der Waals surface area contributed by atoms with Crippen molar-refractivity contribution < 1.29 is 14.4 Å². The van der Waals surface area contributed by atoms with Crippen LogP contribution in [0.5, 0.6) is 0 Å². The van der Waals surface area contributed by atoms with Crippen molar-refractivity contribution in [3.8, 4) is 0 Å². The molecule has 3 amide bonds. The first-order valence-electron chi connectivity index (χ1n) is 8.92. The molecule has 1 saturated heterocycles. The summed E-state index contributed by atoms with van der Waals surface area (Å²) in [7, 11) is 0. The zero-order valence-electron chi connectivity index (χ0n) is 14.0. The third-order valence-corrected chi connectivity index (χ3v) is 6.29. The van der Waals surface area contributed by atoms with Crippen LogP contribution in [0.15, 0.2) is 28.7 Å². The van der Waals surface area contributed by atoms with Gasteiger partial charge in [0.15, 0.2) is 0 Å². The van der Waals surface area contributed by atoms with Crippen molar-refractivity contribution >= 4 is 33.7 Å². The lowest BCUT2D eigenvalue weighted by Gasteiger charge is -2.20. The number of nitrogens with zero attached hydrogens (tertiary/aromatic N) is 1. The number of carbonyl (C=O) groups excluding carboxylic acids is 3. The molecule has 0 spiro atoms. The van der Waals surface area contributed by atoms with Crippen molar-refractivity contribution in [3.05, 3.63) is 34.3 Å². The number of amides is 3. The van der Waals surface area contributed by atoms with Crippen LogP contribution < -0.4 is 5.32 Å². The maximum Gasteiger partial charge on any atom is 0.240 e. The standard InChI is InChI=1S/C19H21BrN2O3/c20-13-7-5-12(6-8-13)19(9-10-19)21-16(23)11-22-17(24)14-3-1-2-4-15(14)18(22)25/h5-8,14-15H,1-4,9-11H2,(H,21,23)/t14-,15+. The number of carbonyl (C=O) groups is 3. The monoisotopic (exact) mass is 404 g/mol. The summed E-state index contributed by atoms with van der Waals surface area (Å²) in [4.78, 5) is 38.7. The maximum absolute atomic E-state index is 12.5. The number of likely N-dealkylation sites (tertiary alicyclic amines) is 1. The number of halogens is 1. The second kappa shape index (κ2) is 6.24. The molecule has 5 nitrogen and oxygen atoms in total.